The van der Waals surface area contributed by atoms with Crippen LogP contribution in [-0.2, 0) is 52.5 Å². The Morgan fingerprint density at radius 2 is 1.17 bits per heavy atom. The van der Waals surface area contributed by atoms with Gasteiger partial charge in [0.1, 0.15) is 0 Å². The molecule has 0 aliphatic rings. The average Bonchev–Trinajstić information content (AvgIpc) is 0.722. The Hall–Kier alpha value is 1.45. The minimum Gasteiger partial charge on any atom is -0.801 e. The van der Waals surface area contributed by atoms with Crippen molar-refractivity contribution in [3.05, 3.63) is 0 Å². The quantitative estimate of drug-likeness (QED) is 0.523. The fourth-order valence-electron chi connectivity index (χ4n) is 0. The van der Waals surface area contributed by atoms with Gasteiger partial charge in [0.15, 0.2) is 0 Å². The molecule has 2 nitrogen and oxygen atoms in total. The summed E-state index contributed by atoms with van der Waals surface area (Å²) in [4.78, 5) is 0. The van der Waals surface area contributed by atoms with Gasteiger partial charge in [0.05, 0.1) is 0 Å². The molecule has 0 N–H and O–H groups in total. The monoisotopic (exact) mass is 235 g/mol. The third-order valence-electron chi connectivity index (χ3n) is 0. The Labute approximate surface area is 61.3 Å². The molecule has 6 heteroatoms. The zero-order valence-corrected chi connectivity index (χ0v) is 6.27. The molecular formula is AgO2S3. The van der Waals surface area contributed by atoms with Gasteiger partial charge in [-0.2, -0.15) is 0 Å². The standard InChI is InChI=1S/Ag.H2O2S3/c;1-5(2,3)4/h;(H2,1,2,3,4)/q+2;/p-2. The fourth-order valence-corrected chi connectivity index (χ4v) is 0. The molecule has 0 aromatic rings. The number of hydrogen-bond acceptors (Lipinski definition) is 4. The van der Waals surface area contributed by atoms with Gasteiger partial charge in [-0.1, -0.05) is 22.4 Å². The van der Waals surface area contributed by atoms with E-state index in [1.54, 1.807) is 0 Å². The Balaban J connectivity index is 0. The summed E-state index contributed by atoms with van der Waals surface area (Å²) in [6, 6.07) is 0. The SMILES string of the molecule is [Ag+2].[O-]S([O-])(=S)=S. The molecule has 0 saturated carbocycles. The first-order valence-corrected chi connectivity index (χ1v) is 4.00. The Morgan fingerprint density at radius 3 is 1.17 bits per heavy atom. The van der Waals surface area contributed by atoms with Crippen molar-refractivity contribution >= 4 is 30.1 Å². The van der Waals surface area contributed by atoms with E-state index < -0.39 is 7.71 Å². The third-order valence-corrected chi connectivity index (χ3v) is 0. The van der Waals surface area contributed by atoms with Gasteiger partial charge < -0.3 is 9.11 Å². The molecule has 0 aliphatic heterocycles. The average molecular weight is 236 g/mol. The third kappa shape index (κ3) is 51.3. The summed E-state index contributed by atoms with van der Waals surface area (Å²) in [6.07, 6.45) is 0. The van der Waals surface area contributed by atoms with Crippen LogP contribution in [0.2, 0.25) is 0 Å². The van der Waals surface area contributed by atoms with Crippen molar-refractivity contribution in [1.29, 1.82) is 0 Å². The zero-order chi connectivity index (χ0) is 4.50. The summed E-state index contributed by atoms with van der Waals surface area (Å²) in [5, 5.41) is 0. The molecule has 0 spiro atoms. The molecule has 0 fully saturated rings. The van der Waals surface area contributed by atoms with Gasteiger partial charge in [0.2, 0.25) is 0 Å². The summed E-state index contributed by atoms with van der Waals surface area (Å²) in [5.41, 5.74) is 0. The Bertz CT molecular complexity index is 92.0. The van der Waals surface area contributed by atoms with Crippen molar-refractivity contribution in [3.63, 3.8) is 0 Å². The normalized spacial score (nSPS) is 9.67. The molecule has 0 aromatic heterocycles. The van der Waals surface area contributed by atoms with E-state index in [1.807, 2.05) is 0 Å². The zero-order valence-electron chi connectivity index (χ0n) is 2.34. The van der Waals surface area contributed by atoms with Crippen molar-refractivity contribution in [2.75, 3.05) is 0 Å². The van der Waals surface area contributed by atoms with Crippen LogP contribution in [-0.4, -0.2) is 9.11 Å². The van der Waals surface area contributed by atoms with Crippen molar-refractivity contribution in [2.24, 2.45) is 0 Å². The first kappa shape index (κ1) is 10.4. The largest absolute Gasteiger partial charge is 2.00 e. The van der Waals surface area contributed by atoms with Gasteiger partial charge >= 0.3 is 22.4 Å². The Morgan fingerprint density at radius 1 is 1.17 bits per heavy atom. The van der Waals surface area contributed by atoms with Crippen molar-refractivity contribution in [1.82, 2.24) is 0 Å². The molecule has 0 aliphatic carbocycles. The fraction of sp³-hybridized carbons (Fsp3) is 0. The molecule has 6 heavy (non-hydrogen) atoms. The van der Waals surface area contributed by atoms with Gasteiger partial charge in [-0.3, -0.25) is 0 Å². The van der Waals surface area contributed by atoms with Crippen LogP contribution in [0, 0.1) is 0 Å². The molecule has 0 aromatic carbocycles. The van der Waals surface area contributed by atoms with Crippen LogP contribution in [0.25, 0.3) is 0 Å². The molecule has 0 heterocycles. The van der Waals surface area contributed by atoms with Crippen molar-refractivity contribution in [3.8, 4) is 0 Å². The van der Waals surface area contributed by atoms with E-state index in [2.05, 4.69) is 22.4 Å². The van der Waals surface area contributed by atoms with E-state index in [1.165, 1.54) is 0 Å². The molecule has 0 atom stereocenters. The van der Waals surface area contributed by atoms with Crippen LogP contribution in [0.4, 0.5) is 0 Å². The smallest absolute Gasteiger partial charge is 0.801 e. The molecule has 0 bridgehead atoms. The second-order valence-corrected chi connectivity index (χ2v) is 4.49. The van der Waals surface area contributed by atoms with Crippen molar-refractivity contribution in [2.45, 2.75) is 0 Å². The first-order valence-electron chi connectivity index (χ1n) is 0.667. The maximum absolute atomic E-state index is 9.26. The molecule has 1 radical (unpaired) electrons. The van der Waals surface area contributed by atoms with Crippen LogP contribution < -0.4 is 0 Å². The van der Waals surface area contributed by atoms with E-state index in [4.69, 9.17) is 0 Å². The summed E-state index contributed by atoms with van der Waals surface area (Å²) in [5.74, 6) is 0. The van der Waals surface area contributed by atoms with Gasteiger partial charge in [-0.25, -0.2) is 7.71 Å². The molecule has 0 rings (SSSR count). The van der Waals surface area contributed by atoms with Gasteiger partial charge in [-0.05, 0) is 0 Å². The summed E-state index contributed by atoms with van der Waals surface area (Å²) in [7, 11) is -3.50. The van der Waals surface area contributed by atoms with Crippen LogP contribution in [0.1, 0.15) is 0 Å². The van der Waals surface area contributed by atoms with Gasteiger partial charge in [-0.15, -0.1) is 0 Å². The maximum atomic E-state index is 9.26. The topological polar surface area (TPSA) is 46.1 Å². The predicted molar refractivity (Wildman–Crippen MR) is 23.6 cm³/mol. The summed E-state index contributed by atoms with van der Waals surface area (Å²) in [6.45, 7) is 0. The summed E-state index contributed by atoms with van der Waals surface area (Å²) < 4.78 is 18.5. The van der Waals surface area contributed by atoms with E-state index in [9.17, 15) is 9.11 Å². The van der Waals surface area contributed by atoms with Crippen LogP contribution >= 0.6 is 0 Å². The molecule has 41 valence electrons. The predicted octanol–water partition coefficient (Wildman–Crippen LogP) is -0.677. The van der Waals surface area contributed by atoms with Crippen LogP contribution in [0.5, 0.6) is 0 Å². The van der Waals surface area contributed by atoms with E-state index in [-0.39, 0.29) is 22.4 Å². The molecule has 0 unspecified atom stereocenters. The minimum atomic E-state index is -3.50. The second-order valence-electron chi connectivity index (χ2n) is 0.408. The van der Waals surface area contributed by atoms with Crippen LogP contribution in [0.15, 0.2) is 0 Å². The van der Waals surface area contributed by atoms with Gasteiger partial charge in [0, 0.05) is 0 Å². The summed E-state index contributed by atoms with van der Waals surface area (Å²) >= 11 is 7.23. The van der Waals surface area contributed by atoms with E-state index in [0.29, 0.717) is 0 Å². The molecular weight excluding hydrogens is 236 g/mol. The minimum absolute atomic E-state index is 0. The second kappa shape index (κ2) is 3.45. The molecule has 0 amide bonds. The maximum Gasteiger partial charge on any atom is 2.00 e. The first-order chi connectivity index (χ1) is 2.00. The van der Waals surface area contributed by atoms with Crippen molar-refractivity contribution < 1.29 is 31.5 Å². The molecule has 0 saturated heterocycles. The number of rotatable bonds is 0. The van der Waals surface area contributed by atoms with E-state index >= 15 is 0 Å². The van der Waals surface area contributed by atoms with Crippen LogP contribution in [0.3, 0.4) is 0 Å². The Kier molecular flexibility index (Phi) is 6.00. The number of hydrogen-bond donors (Lipinski definition) is 0. The van der Waals surface area contributed by atoms with E-state index in [0.717, 1.165) is 0 Å². The van der Waals surface area contributed by atoms with Gasteiger partial charge in [0.25, 0.3) is 0 Å².